The van der Waals surface area contributed by atoms with Crippen molar-refractivity contribution in [1.29, 1.82) is 0 Å². The molecule has 0 spiro atoms. The van der Waals surface area contributed by atoms with Crippen LogP contribution < -0.4 is 0 Å². The third-order valence-corrected chi connectivity index (χ3v) is 5.43. The molecule has 1 aromatic carbocycles. The van der Waals surface area contributed by atoms with Crippen molar-refractivity contribution in [1.82, 2.24) is 4.90 Å². The van der Waals surface area contributed by atoms with Crippen LogP contribution in [-0.4, -0.2) is 34.6 Å². The van der Waals surface area contributed by atoms with E-state index in [9.17, 15) is 9.90 Å². The first kappa shape index (κ1) is 14.6. The average Bonchev–Trinajstić information content (AvgIpc) is 2.90. The normalized spacial score (nSPS) is 34.0. The molecule has 3 rings (SSSR count). The van der Waals surface area contributed by atoms with Crippen LogP contribution in [0.2, 0.25) is 0 Å². The van der Waals surface area contributed by atoms with Crippen molar-refractivity contribution in [3.05, 3.63) is 35.9 Å². The van der Waals surface area contributed by atoms with Gasteiger partial charge in [-0.3, -0.25) is 9.69 Å². The van der Waals surface area contributed by atoms with Gasteiger partial charge in [0.1, 0.15) is 6.04 Å². The highest BCUT2D eigenvalue weighted by atomic mass is 16.4. The first-order valence-corrected chi connectivity index (χ1v) is 8.20. The van der Waals surface area contributed by atoms with E-state index in [-0.39, 0.29) is 12.0 Å². The predicted octanol–water partition coefficient (Wildman–Crippen LogP) is 3.51. The Morgan fingerprint density at radius 3 is 2.38 bits per heavy atom. The summed E-state index contributed by atoms with van der Waals surface area (Å²) in [4.78, 5) is 13.8. The molecular formula is C18H25NO2. The topological polar surface area (TPSA) is 40.5 Å². The minimum Gasteiger partial charge on any atom is -0.480 e. The number of rotatable bonds is 3. The minimum atomic E-state index is -0.634. The molecule has 114 valence electrons. The molecule has 2 fully saturated rings. The summed E-state index contributed by atoms with van der Waals surface area (Å²) in [7, 11) is 0. The van der Waals surface area contributed by atoms with E-state index in [2.05, 4.69) is 42.2 Å². The smallest absolute Gasteiger partial charge is 0.321 e. The van der Waals surface area contributed by atoms with Gasteiger partial charge >= 0.3 is 5.97 Å². The Morgan fingerprint density at radius 1 is 1.10 bits per heavy atom. The molecular weight excluding hydrogens is 262 g/mol. The highest BCUT2D eigenvalue weighted by molar-refractivity contribution is 5.74. The Morgan fingerprint density at radius 2 is 1.76 bits per heavy atom. The second-order valence-electron chi connectivity index (χ2n) is 6.70. The quantitative estimate of drug-likeness (QED) is 0.925. The van der Waals surface area contributed by atoms with Gasteiger partial charge in [0.2, 0.25) is 0 Å². The Balaban J connectivity index is 1.62. The summed E-state index contributed by atoms with van der Waals surface area (Å²) in [5.41, 5.74) is 1.44. The van der Waals surface area contributed by atoms with Crippen molar-refractivity contribution < 1.29 is 9.90 Å². The molecule has 1 saturated heterocycles. The summed E-state index contributed by atoms with van der Waals surface area (Å²) in [5.74, 6) is 0.310. The fraction of sp³-hybridized carbons (Fsp3) is 0.611. The molecule has 1 aromatic rings. The van der Waals surface area contributed by atoms with Gasteiger partial charge in [-0.1, -0.05) is 37.3 Å². The third kappa shape index (κ3) is 2.98. The van der Waals surface area contributed by atoms with Gasteiger partial charge in [-0.05, 0) is 56.0 Å². The van der Waals surface area contributed by atoms with Gasteiger partial charge in [-0.2, -0.15) is 0 Å². The predicted molar refractivity (Wildman–Crippen MR) is 83.3 cm³/mol. The van der Waals surface area contributed by atoms with Gasteiger partial charge < -0.3 is 5.11 Å². The summed E-state index contributed by atoms with van der Waals surface area (Å²) < 4.78 is 0. The molecule has 3 heteroatoms. The van der Waals surface area contributed by atoms with E-state index in [0.29, 0.717) is 12.0 Å². The second-order valence-corrected chi connectivity index (χ2v) is 6.70. The number of hydrogen-bond donors (Lipinski definition) is 1. The first-order chi connectivity index (χ1) is 10.2. The van der Waals surface area contributed by atoms with E-state index in [1.807, 2.05) is 0 Å². The molecule has 3 nitrogen and oxygen atoms in total. The number of hydrogen-bond acceptors (Lipinski definition) is 2. The molecule has 1 aliphatic carbocycles. The molecule has 1 heterocycles. The van der Waals surface area contributed by atoms with Gasteiger partial charge in [0.15, 0.2) is 0 Å². The first-order valence-electron chi connectivity index (χ1n) is 8.20. The Hall–Kier alpha value is -1.35. The fourth-order valence-electron chi connectivity index (χ4n) is 4.24. The summed E-state index contributed by atoms with van der Waals surface area (Å²) in [6.45, 7) is 3.03. The Labute approximate surface area is 127 Å². The number of carboxylic acid groups (broad SMARTS) is 1. The van der Waals surface area contributed by atoms with E-state index >= 15 is 0 Å². The van der Waals surface area contributed by atoms with Crippen molar-refractivity contribution in [2.75, 3.05) is 6.54 Å². The van der Waals surface area contributed by atoms with Gasteiger partial charge in [0.25, 0.3) is 0 Å². The van der Waals surface area contributed by atoms with E-state index in [1.165, 1.54) is 18.4 Å². The summed E-state index contributed by atoms with van der Waals surface area (Å²) in [6, 6.07) is 11.0. The number of carboxylic acids is 1. The molecule has 0 aromatic heterocycles. The number of benzene rings is 1. The summed E-state index contributed by atoms with van der Waals surface area (Å²) >= 11 is 0. The zero-order valence-corrected chi connectivity index (χ0v) is 12.7. The van der Waals surface area contributed by atoms with Gasteiger partial charge in [-0.25, -0.2) is 0 Å². The van der Waals surface area contributed by atoms with Gasteiger partial charge in [-0.15, -0.1) is 0 Å². The monoisotopic (exact) mass is 287 g/mol. The Bertz CT molecular complexity index is 479. The molecule has 1 saturated carbocycles. The standard InChI is InChI=1S/C18H25NO2/c1-13-11-12-19(17(13)18(20)21)16-9-7-15(8-10-16)14-5-3-2-4-6-14/h2-6,13,15-17H,7-12H2,1H3,(H,20,21). The number of aliphatic carboxylic acids is 1. The maximum Gasteiger partial charge on any atom is 0.321 e. The minimum absolute atomic E-state index is 0.261. The highest BCUT2D eigenvalue weighted by Gasteiger charge is 2.41. The molecule has 2 unspecified atom stereocenters. The van der Waals surface area contributed by atoms with E-state index in [0.717, 1.165) is 25.8 Å². The van der Waals surface area contributed by atoms with E-state index in [4.69, 9.17) is 0 Å². The van der Waals surface area contributed by atoms with Gasteiger partial charge in [0.05, 0.1) is 0 Å². The lowest BCUT2D eigenvalue weighted by Gasteiger charge is -2.37. The van der Waals surface area contributed by atoms with E-state index < -0.39 is 5.97 Å². The lowest BCUT2D eigenvalue weighted by molar-refractivity contribution is -0.144. The lowest BCUT2D eigenvalue weighted by atomic mass is 9.81. The van der Waals surface area contributed by atoms with Crippen LogP contribution in [0.1, 0.15) is 50.5 Å². The second kappa shape index (κ2) is 6.18. The maximum absolute atomic E-state index is 11.5. The highest BCUT2D eigenvalue weighted by Crippen LogP contribution is 2.38. The van der Waals surface area contributed by atoms with Crippen molar-refractivity contribution in [3.8, 4) is 0 Å². The largest absolute Gasteiger partial charge is 0.480 e. The van der Waals surface area contributed by atoms with Crippen LogP contribution in [0.25, 0.3) is 0 Å². The SMILES string of the molecule is CC1CCN(C2CCC(c3ccccc3)CC2)C1C(=O)O. The summed E-state index contributed by atoms with van der Waals surface area (Å²) in [6.07, 6.45) is 5.67. The van der Waals surface area contributed by atoms with Crippen molar-refractivity contribution in [2.24, 2.45) is 5.92 Å². The Kier molecular flexibility index (Phi) is 4.29. The van der Waals surface area contributed by atoms with Crippen LogP contribution in [0.3, 0.4) is 0 Å². The fourth-order valence-corrected chi connectivity index (χ4v) is 4.24. The van der Waals surface area contributed by atoms with Crippen LogP contribution in [-0.2, 0) is 4.79 Å². The average molecular weight is 287 g/mol. The van der Waals surface area contributed by atoms with Crippen LogP contribution >= 0.6 is 0 Å². The summed E-state index contributed by atoms with van der Waals surface area (Å²) in [5, 5.41) is 9.47. The van der Waals surface area contributed by atoms with Gasteiger partial charge in [0, 0.05) is 6.04 Å². The third-order valence-electron chi connectivity index (χ3n) is 5.43. The van der Waals surface area contributed by atoms with Crippen LogP contribution in [0.15, 0.2) is 30.3 Å². The van der Waals surface area contributed by atoms with Crippen LogP contribution in [0, 0.1) is 5.92 Å². The number of likely N-dealkylation sites (tertiary alicyclic amines) is 1. The molecule has 1 N–H and O–H groups in total. The number of carbonyl (C=O) groups is 1. The molecule has 0 amide bonds. The van der Waals surface area contributed by atoms with Crippen LogP contribution in [0.4, 0.5) is 0 Å². The molecule has 1 aliphatic heterocycles. The van der Waals surface area contributed by atoms with Crippen molar-refractivity contribution in [2.45, 2.75) is 57.0 Å². The van der Waals surface area contributed by atoms with E-state index in [1.54, 1.807) is 0 Å². The zero-order valence-electron chi connectivity index (χ0n) is 12.7. The molecule has 0 bridgehead atoms. The number of nitrogens with zero attached hydrogens (tertiary/aromatic N) is 1. The molecule has 2 atom stereocenters. The van der Waals surface area contributed by atoms with Crippen molar-refractivity contribution >= 4 is 5.97 Å². The van der Waals surface area contributed by atoms with Crippen molar-refractivity contribution in [3.63, 3.8) is 0 Å². The lowest BCUT2D eigenvalue weighted by Crippen LogP contribution is -2.46. The molecule has 0 radical (unpaired) electrons. The maximum atomic E-state index is 11.5. The zero-order chi connectivity index (χ0) is 14.8. The molecule has 2 aliphatic rings. The molecule has 21 heavy (non-hydrogen) atoms. The van der Waals surface area contributed by atoms with Crippen LogP contribution in [0.5, 0.6) is 0 Å².